The molecule has 1 fully saturated rings. The van der Waals surface area contributed by atoms with E-state index < -0.39 is 9.84 Å². The predicted molar refractivity (Wildman–Crippen MR) is 113 cm³/mol. The van der Waals surface area contributed by atoms with Crippen molar-refractivity contribution in [2.45, 2.75) is 4.90 Å². The predicted octanol–water partition coefficient (Wildman–Crippen LogP) is 0.528. The van der Waals surface area contributed by atoms with Gasteiger partial charge >= 0.3 is 0 Å². The zero-order valence-corrected chi connectivity index (χ0v) is 17.6. The quantitative estimate of drug-likeness (QED) is 0.625. The summed E-state index contributed by atoms with van der Waals surface area (Å²) < 4.78 is 24.8. The van der Waals surface area contributed by atoms with Crippen LogP contribution in [0.4, 0.5) is 11.5 Å². The first-order valence-corrected chi connectivity index (χ1v) is 11.4. The van der Waals surface area contributed by atoms with Crippen molar-refractivity contribution >= 4 is 38.3 Å². The first-order valence-electron chi connectivity index (χ1n) is 9.51. The second-order valence-electron chi connectivity index (χ2n) is 7.31. The number of carbonyl (C=O) groups excluding carboxylic acids is 1. The minimum Gasteiger partial charge on any atom is -0.353 e. The number of nitrogens with one attached hydrogen (secondary N) is 1. The molecule has 0 aliphatic carbocycles. The molecule has 2 aromatic heterocycles. The lowest BCUT2D eigenvalue weighted by Gasteiger charge is -2.35. The van der Waals surface area contributed by atoms with E-state index in [1.807, 2.05) is 7.05 Å². The molecule has 4 rings (SSSR count). The summed E-state index contributed by atoms with van der Waals surface area (Å²) >= 11 is 0. The van der Waals surface area contributed by atoms with Gasteiger partial charge in [0.05, 0.1) is 23.0 Å². The third kappa shape index (κ3) is 4.26. The van der Waals surface area contributed by atoms with Crippen LogP contribution in [0, 0.1) is 0 Å². The van der Waals surface area contributed by atoms with Crippen LogP contribution in [0.1, 0.15) is 0 Å². The maximum atomic E-state index is 12.4. The standard InChI is InChI=1S/C19H23N7O3S/c1-24-18-16(11-22-24)19(21-13-20-18)26-9-7-25(8-10-26)12-17(27)23-14-3-5-15(6-4-14)30(2,28)29/h3-6,11,13H,7-10,12H2,1-2H3,(H,23,27). The van der Waals surface area contributed by atoms with E-state index >= 15 is 0 Å². The molecule has 3 aromatic rings. The zero-order valence-electron chi connectivity index (χ0n) is 16.8. The van der Waals surface area contributed by atoms with Crippen LogP contribution in [-0.2, 0) is 21.7 Å². The van der Waals surface area contributed by atoms with Crippen LogP contribution in [0.15, 0.2) is 41.7 Å². The van der Waals surface area contributed by atoms with Crippen LogP contribution in [0.2, 0.25) is 0 Å². The molecule has 0 atom stereocenters. The Kier molecular flexibility index (Phi) is 5.39. The Labute approximate surface area is 174 Å². The van der Waals surface area contributed by atoms with Gasteiger partial charge in [-0.1, -0.05) is 0 Å². The number of amides is 1. The summed E-state index contributed by atoms with van der Waals surface area (Å²) in [4.78, 5) is 25.6. The summed E-state index contributed by atoms with van der Waals surface area (Å²) in [5, 5.41) is 7.99. The Hall–Kier alpha value is -3.05. The number of rotatable bonds is 5. The van der Waals surface area contributed by atoms with E-state index in [9.17, 15) is 13.2 Å². The van der Waals surface area contributed by atoms with Gasteiger partial charge in [-0.15, -0.1) is 0 Å². The summed E-state index contributed by atoms with van der Waals surface area (Å²) in [6, 6.07) is 6.18. The molecule has 10 nitrogen and oxygen atoms in total. The number of carbonyl (C=O) groups is 1. The van der Waals surface area contributed by atoms with Crippen LogP contribution in [0.3, 0.4) is 0 Å². The highest BCUT2D eigenvalue weighted by molar-refractivity contribution is 7.90. The Bertz CT molecular complexity index is 1170. The average molecular weight is 430 g/mol. The number of piperazine rings is 1. The van der Waals surface area contributed by atoms with Gasteiger partial charge in [-0.25, -0.2) is 18.4 Å². The third-order valence-electron chi connectivity index (χ3n) is 5.11. The second kappa shape index (κ2) is 8.00. The molecule has 1 saturated heterocycles. The lowest BCUT2D eigenvalue weighted by Crippen LogP contribution is -2.49. The molecule has 0 spiro atoms. The highest BCUT2D eigenvalue weighted by Crippen LogP contribution is 2.23. The van der Waals surface area contributed by atoms with Gasteiger partial charge in [0.1, 0.15) is 12.1 Å². The van der Waals surface area contributed by atoms with Crippen molar-refractivity contribution in [3.8, 4) is 0 Å². The highest BCUT2D eigenvalue weighted by atomic mass is 32.2. The van der Waals surface area contributed by atoms with Crippen molar-refractivity contribution in [2.75, 3.05) is 49.2 Å². The topological polar surface area (TPSA) is 113 Å². The lowest BCUT2D eigenvalue weighted by atomic mass is 10.2. The smallest absolute Gasteiger partial charge is 0.238 e. The van der Waals surface area contributed by atoms with E-state index in [1.54, 1.807) is 29.3 Å². The summed E-state index contributed by atoms with van der Waals surface area (Å²) in [5.41, 5.74) is 1.37. The zero-order chi connectivity index (χ0) is 21.3. The van der Waals surface area contributed by atoms with Gasteiger partial charge in [0.25, 0.3) is 0 Å². The molecule has 1 amide bonds. The van der Waals surface area contributed by atoms with E-state index in [1.165, 1.54) is 12.1 Å². The molecular formula is C19H23N7O3S. The van der Waals surface area contributed by atoms with Gasteiger partial charge in [0.15, 0.2) is 15.5 Å². The van der Waals surface area contributed by atoms with Crippen molar-refractivity contribution in [3.63, 3.8) is 0 Å². The Morgan fingerprint density at radius 3 is 2.47 bits per heavy atom. The number of sulfone groups is 1. The van der Waals surface area contributed by atoms with E-state index in [4.69, 9.17) is 0 Å². The number of aromatic nitrogens is 4. The van der Waals surface area contributed by atoms with Crippen LogP contribution in [0.5, 0.6) is 0 Å². The fourth-order valence-corrected chi connectivity index (χ4v) is 4.14. The molecule has 1 N–H and O–H groups in total. The summed E-state index contributed by atoms with van der Waals surface area (Å²) in [6.45, 7) is 3.22. The minimum atomic E-state index is -3.25. The van der Waals surface area contributed by atoms with Gasteiger partial charge in [-0.2, -0.15) is 5.10 Å². The number of benzene rings is 1. The number of fused-ring (bicyclic) bond motifs is 1. The van der Waals surface area contributed by atoms with E-state index in [2.05, 4.69) is 30.2 Å². The molecule has 3 heterocycles. The average Bonchev–Trinajstić information content (AvgIpc) is 3.09. The number of hydrogen-bond acceptors (Lipinski definition) is 8. The monoisotopic (exact) mass is 429 g/mol. The molecule has 11 heteroatoms. The Morgan fingerprint density at radius 2 is 1.80 bits per heavy atom. The number of hydrogen-bond donors (Lipinski definition) is 1. The third-order valence-corrected chi connectivity index (χ3v) is 6.24. The maximum Gasteiger partial charge on any atom is 0.238 e. The highest BCUT2D eigenvalue weighted by Gasteiger charge is 2.22. The number of anilines is 2. The molecule has 0 saturated carbocycles. The fourth-order valence-electron chi connectivity index (χ4n) is 3.51. The van der Waals surface area contributed by atoms with Crippen molar-refractivity contribution in [2.24, 2.45) is 7.05 Å². The summed E-state index contributed by atoms with van der Waals surface area (Å²) in [5.74, 6) is 0.732. The largest absolute Gasteiger partial charge is 0.353 e. The lowest BCUT2D eigenvalue weighted by molar-refractivity contribution is -0.117. The van der Waals surface area contributed by atoms with Gasteiger partial charge in [-0.3, -0.25) is 14.4 Å². The Morgan fingerprint density at radius 1 is 1.10 bits per heavy atom. The van der Waals surface area contributed by atoms with Crippen LogP contribution < -0.4 is 10.2 Å². The van der Waals surface area contributed by atoms with Crippen molar-refractivity contribution < 1.29 is 13.2 Å². The molecule has 158 valence electrons. The van der Waals surface area contributed by atoms with E-state index in [0.717, 1.165) is 49.3 Å². The van der Waals surface area contributed by atoms with Crippen molar-refractivity contribution in [3.05, 3.63) is 36.8 Å². The molecule has 1 aliphatic rings. The Balaban J connectivity index is 1.33. The number of aryl methyl sites for hydroxylation is 1. The minimum absolute atomic E-state index is 0.132. The van der Waals surface area contributed by atoms with Crippen LogP contribution in [0.25, 0.3) is 11.0 Å². The van der Waals surface area contributed by atoms with Crippen LogP contribution >= 0.6 is 0 Å². The molecule has 1 aliphatic heterocycles. The van der Waals surface area contributed by atoms with E-state index in [-0.39, 0.29) is 17.3 Å². The molecule has 0 radical (unpaired) electrons. The normalized spacial score (nSPS) is 15.5. The second-order valence-corrected chi connectivity index (χ2v) is 9.33. The van der Waals surface area contributed by atoms with Gasteiger partial charge in [0, 0.05) is 45.2 Å². The molecular weight excluding hydrogens is 406 g/mol. The van der Waals surface area contributed by atoms with Crippen molar-refractivity contribution in [1.82, 2.24) is 24.6 Å². The molecule has 0 bridgehead atoms. The first kappa shape index (κ1) is 20.2. The SMILES string of the molecule is Cn1ncc2c(N3CCN(CC(=O)Nc4ccc(S(C)(=O)=O)cc4)CC3)ncnc21. The first-order chi connectivity index (χ1) is 14.3. The molecule has 1 aromatic carbocycles. The molecule has 0 unspecified atom stereocenters. The van der Waals surface area contributed by atoms with Gasteiger partial charge < -0.3 is 10.2 Å². The maximum absolute atomic E-state index is 12.4. The van der Waals surface area contributed by atoms with Gasteiger partial charge in [-0.05, 0) is 24.3 Å². The van der Waals surface area contributed by atoms with Gasteiger partial charge in [0.2, 0.25) is 5.91 Å². The molecule has 30 heavy (non-hydrogen) atoms. The van der Waals surface area contributed by atoms with Crippen molar-refractivity contribution in [1.29, 1.82) is 0 Å². The fraction of sp³-hybridized carbons (Fsp3) is 0.368. The number of nitrogens with zero attached hydrogens (tertiary/aromatic N) is 6. The van der Waals surface area contributed by atoms with Crippen LogP contribution in [-0.4, -0.2) is 78.0 Å². The van der Waals surface area contributed by atoms with E-state index in [0.29, 0.717) is 5.69 Å². The summed E-state index contributed by atoms with van der Waals surface area (Å²) in [7, 11) is -1.40. The summed E-state index contributed by atoms with van der Waals surface area (Å²) in [6.07, 6.45) is 4.48.